The minimum absolute atomic E-state index is 0.676. The summed E-state index contributed by atoms with van der Waals surface area (Å²) in [5.41, 5.74) is 2.27. The van der Waals surface area contributed by atoms with Gasteiger partial charge in [0.05, 0.1) is 18.6 Å². The van der Waals surface area contributed by atoms with Gasteiger partial charge < -0.3 is 9.15 Å². The lowest BCUT2D eigenvalue weighted by molar-refractivity contribution is 0.344. The number of hydrogen-bond acceptors (Lipinski definition) is 5. The molecule has 1 fully saturated rings. The lowest BCUT2D eigenvalue weighted by Gasteiger charge is -2.10. The molecule has 0 amide bonds. The molecule has 156 valence electrons. The Balaban J connectivity index is 1.20. The van der Waals surface area contributed by atoms with Crippen molar-refractivity contribution in [2.75, 3.05) is 32.0 Å². The molecule has 1 aliphatic heterocycles. The standard InChI is InChI=1S/C25H28N2O2S/c1-2-8-23(9-3-1)28-17-18-30-20-25-26-19-24(29-25)22-12-10-21(11-13-22)7-6-16-27-14-4-5-15-27/h1-3,6-13,19H,4-5,14-18,20H2. The number of nitrogens with zero attached hydrogens (tertiary/aromatic N) is 2. The average molecular weight is 421 g/mol. The number of likely N-dealkylation sites (tertiary alicyclic amines) is 1. The molecule has 1 aromatic heterocycles. The second kappa shape index (κ2) is 11.0. The molecule has 0 aliphatic carbocycles. The average Bonchev–Trinajstić information content (AvgIpc) is 3.47. The van der Waals surface area contributed by atoms with Gasteiger partial charge in [-0.15, -0.1) is 11.8 Å². The maximum Gasteiger partial charge on any atom is 0.204 e. The zero-order valence-electron chi connectivity index (χ0n) is 17.2. The highest BCUT2D eigenvalue weighted by Crippen LogP contribution is 2.23. The first kappa shape index (κ1) is 20.8. The van der Waals surface area contributed by atoms with Gasteiger partial charge in [-0.3, -0.25) is 4.90 Å². The van der Waals surface area contributed by atoms with Gasteiger partial charge in [0.2, 0.25) is 5.89 Å². The number of benzene rings is 2. The van der Waals surface area contributed by atoms with Crippen LogP contribution in [0.25, 0.3) is 17.4 Å². The smallest absolute Gasteiger partial charge is 0.204 e. The summed E-state index contributed by atoms with van der Waals surface area (Å²) in [6.07, 6.45) is 8.94. The number of para-hydroxylation sites is 1. The van der Waals surface area contributed by atoms with E-state index in [2.05, 4.69) is 46.3 Å². The molecule has 0 bridgehead atoms. The number of rotatable bonds is 10. The molecule has 2 heterocycles. The largest absolute Gasteiger partial charge is 0.493 e. The Morgan fingerprint density at radius 3 is 2.63 bits per heavy atom. The third-order valence-electron chi connectivity index (χ3n) is 5.09. The zero-order chi connectivity index (χ0) is 20.4. The van der Waals surface area contributed by atoms with Crippen LogP contribution in [0.4, 0.5) is 0 Å². The normalized spacial score (nSPS) is 14.5. The molecule has 2 aromatic carbocycles. The summed E-state index contributed by atoms with van der Waals surface area (Å²) in [6.45, 7) is 4.18. The van der Waals surface area contributed by atoms with Crippen LogP contribution in [-0.4, -0.2) is 41.9 Å². The molecule has 5 heteroatoms. The number of aromatic nitrogens is 1. The predicted octanol–water partition coefficient (Wildman–Crippen LogP) is 5.76. The fourth-order valence-corrected chi connectivity index (χ4v) is 4.12. The van der Waals surface area contributed by atoms with Gasteiger partial charge in [0.25, 0.3) is 0 Å². The lowest BCUT2D eigenvalue weighted by atomic mass is 10.1. The first-order valence-electron chi connectivity index (χ1n) is 10.6. The minimum atomic E-state index is 0.676. The molecule has 30 heavy (non-hydrogen) atoms. The summed E-state index contributed by atoms with van der Waals surface area (Å²) in [4.78, 5) is 6.91. The summed E-state index contributed by atoms with van der Waals surface area (Å²) in [6, 6.07) is 18.4. The van der Waals surface area contributed by atoms with Crippen LogP contribution in [0.2, 0.25) is 0 Å². The second-order valence-electron chi connectivity index (χ2n) is 7.36. The van der Waals surface area contributed by atoms with Gasteiger partial charge in [-0.25, -0.2) is 4.98 Å². The highest BCUT2D eigenvalue weighted by molar-refractivity contribution is 7.98. The molecule has 0 unspecified atom stereocenters. The molecule has 3 aromatic rings. The van der Waals surface area contributed by atoms with Crippen molar-refractivity contribution in [2.24, 2.45) is 0 Å². The highest BCUT2D eigenvalue weighted by Gasteiger charge is 2.09. The maximum atomic E-state index is 5.93. The maximum absolute atomic E-state index is 5.93. The van der Waals surface area contributed by atoms with Crippen molar-refractivity contribution in [1.29, 1.82) is 0 Å². The van der Waals surface area contributed by atoms with Gasteiger partial charge in [0.15, 0.2) is 5.76 Å². The van der Waals surface area contributed by atoms with E-state index in [0.717, 1.165) is 41.0 Å². The summed E-state index contributed by atoms with van der Waals surface area (Å²) in [5.74, 6) is 4.12. The van der Waals surface area contributed by atoms with E-state index in [-0.39, 0.29) is 0 Å². The molecule has 0 spiro atoms. The topological polar surface area (TPSA) is 38.5 Å². The van der Waals surface area contributed by atoms with Crippen LogP contribution in [0.5, 0.6) is 5.75 Å². The van der Waals surface area contributed by atoms with Crippen LogP contribution in [0.1, 0.15) is 24.3 Å². The van der Waals surface area contributed by atoms with Gasteiger partial charge >= 0.3 is 0 Å². The Bertz CT molecular complexity index is 916. The molecule has 0 radical (unpaired) electrons. The van der Waals surface area contributed by atoms with Crippen LogP contribution >= 0.6 is 11.8 Å². The Morgan fingerprint density at radius 1 is 1.03 bits per heavy atom. The Labute approximate surface area is 183 Å². The number of ether oxygens (including phenoxy) is 1. The van der Waals surface area contributed by atoms with Crippen molar-refractivity contribution in [3.05, 3.63) is 78.3 Å². The van der Waals surface area contributed by atoms with Gasteiger partial charge in [-0.2, -0.15) is 0 Å². The third-order valence-corrected chi connectivity index (χ3v) is 5.99. The summed E-state index contributed by atoms with van der Waals surface area (Å²) in [7, 11) is 0. The van der Waals surface area contributed by atoms with Crippen LogP contribution in [-0.2, 0) is 5.75 Å². The van der Waals surface area contributed by atoms with Crippen molar-refractivity contribution >= 4 is 17.8 Å². The van der Waals surface area contributed by atoms with Crippen LogP contribution < -0.4 is 4.74 Å². The Kier molecular flexibility index (Phi) is 7.64. The number of thioether (sulfide) groups is 1. The lowest BCUT2D eigenvalue weighted by Crippen LogP contribution is -2.18. The van der Waals surface area contributed by atoms with Crippen molar-refractivity contribution in [3.8, 4) is 17.1 Å². The van der Waals surface area contributed by atoms with E-state index in [1.54, 1.807) is 11.8 Å². The van der Waals surface area contributed by atoms with E-state index in [1.165, 1.54) is 31.5 Å². The first-order chi connectivity index (χ1) is 14.9. The van der Waals surface area contributed by atoms with Crippen LogP contribution in [0.15, 0.2) is 71.3 Å². The molecule has 0 atom stereocenters. The zero-order valence-corrected chi connectivity index (χ0v) is 18.0. The van der Waals surface area contributed by atoms with Gasteiger partial charge in [0.1, 0.15) is 5.75 Å². The van der Waals surface area contributed by atoms with E-state index < -0.39 is 0 Å². The predicted molar refractivity (Wildman–Crippen MR) is 125 cm³/mol. The summed E-state index contributed by atoms with van der Waals surface area (Å²) >= 11 is 1.76. The fourth-order valence-electron chi connectivity index (χ4n) is 3.47. The Hall–Kier alpha value is -2.50. The van der Waals surface area contributed by atoms with Gasteiger partial charge in [0, 0.05) is 17.9 Å². The number of hydrogen-bond donors (Lipinski definition) is 0. The van der Waals surface area contributed by atoms with E-state index in [9.17, 15) is 0 Å². The van der Waals surface area contributed by atoms with Crippen LogP contribution in [0.3, 0.4) is 0 Å². The van der Waals surface area contributed by atoms with Gasteiger partial charge in [-0.1, -0.05) is 54.6 Å². The van der Waals surface area contributed by atoms with Crippen molar-refractivity contribution in [3.63, 3.8) is 0 Å². The first-order valence-corrected chi connectivity index (χ1v) is 11.7. The van der Waals surface area contributed by atoms with Gasteiger partial charge in [-0.05, 0) is 43.6 Å². The highest BCUT2D eigenvalue weighted by atomic mass is 32.2. The SMILES string of the molecule is C(=Cc1ccc(-c2cnc(CSCCOc3ccccc3)o2)cc1)CN1CCCC1. The van der Waals surface area contributed by atoms with Crippen molar-refractivity contribution in [1.82, 2.24) is 9.88 Å². The third kappa shape index (κ3) is 6.25. The van der Waals surface area contributed by atoms with Crippen LogP contribution in [0, 0.1) is 0 Å². The molecule has 1 aliphatic rings. The summed E-state index contributed by atoms with van der Waals surface area (Å²) < 4.78 is 11.6. The fraction of sp³-hybridized carbons (Fsp3) is 0.320. The monoisotopic (exact) mass is 420 g/mol. The van der Waals surface area contributed by atoms with Crippen molar-refractivity contribution in [2.45, 2.75) is 18.6 Å². The molecule has 0 saturated carbocycles. The number of oxazole rings is 1. The molecule has 0 N–H and O–H groups in total. The quantitative estimate of drug-likeness (QED) is 0.390. The van der Waals surface area contributed by atoms with Crippen molar-refractivity contribution < 1.29 is 9.15 Å². The Morgan fingerprint density at radius 2 is 1.83 bits per heavy atom. The van der Waals surface area contributed by atoms with E-state index >= 15 is 0 Å². The minimum Gasteiger partial charge on any atom is -0.493 e. The molecule has 4 rings (SSSR count). The molecule has 1 saturated heterocycles. The molecule has 4 nitrogen and oxygen atoms in total. The second-order valence-corrected chi connectivity index (χ2v) is 8.47. The van der Waals surface area contributed by atoms with E-state index in [0.29, 0.717) is 6.61 Å². The summed E-state index contributed by atoms with van der Waals surface area (Å²) in [5, 5.41) is 0. The van der Waals surface area contributed by atoms with E-state index in [1.807, 2.05) is 36.5 Å². The molecular weight excluding hydrogens is 392 g/mol. The molecular formula is C25H28N2O2S. The van der Waals surface area contributed by atoms with E-state index in [4.69, 9.17) is 9.15 Å².